The number of methoxy groups -OCH3 is 2. The standard InChI is InChI=1S/C24H31ClN6O5S/c1-14(21-26-11-17(25)12-27-21)15(2)37(32,33)30-23-29-28-22(16-10-24(3,4)36-13-16)31(23)20-18(34-5)8-7-9-19(20)35-6/h7-9,11-12,14-16H,10,13H2,1-6H3,(H,29,30)/t14-,15-,16-/m0/s1. The van der Waals surface area contributed by atoms with Crippen molar-refractivity contribution in [3.63, 3.8) is 0 Å². The average molecular weight is 551 g/mol. The Labute approximate surface area is 221 Å². The number of halogens is 1. The van der Waals surface area contributed by atoms with Crippen molar-refractivity contribution in [2.75, 3.05) is 25.5 Å². The Hall–Kier alpha value is -2.96. The number of benzene rings is 1. The number of para-hydroxylation sites is 1. The van der Waals surface area contributed by atoms with E-state index in [4.69, 9.17) is 25.8 Å². The summed E-state index contributed by atoms with van der Waals surface area (Å²) in [7, 11) is -0.910. The van der Waals surface area contributed by atoms with Gasteiger partial charge in [0.25, 0.3) is 0 Å². The maximum atomic E-state index is 13.5. The van der Waals surface area contributed by atoms with Crippen molar-refractivity contribution in [1.82, 2.24) is 24.7 Å². The van der Waals surface area contributed by atoms with Crippen molar-refractivity contribution < 1.29 is 22.6 Å². The summed E-state index contributed by atoms with van der Waals surface area (Å²) >= 11 is 5.89. The molecule has 200 valence electrons. The van der Waals surface area contributed by atoms with Crippen molar-refractivity contribution in [3.05, 3.63) is 47.3 Å². The monoisotopic (exact) mass is 550 g/mol. The van der Waals surface area contributed by atoms with Crippen LogP contribution < -0.4 is 14.2 Å². The lowest BCUT2D eigenvalue weighted by atomic mass is 9.97. The zero-order valence-electron chi connectivity index (χ0n) is 21.6. The first kappa shape index (κ1) is 27.1. The van der Waals surface area contributed by atoms with Gasteiger partial charge in [-0.05, 0) is 39.3 Å². The molecule has 0 aliphatic carbocycles. The summed E-state index contributed by atoms with van der Waals surface area (Å²) in [5.74, 6) is 1.18. The molecule has 1 N–H and O–H groups in total. The quantitative estimate of drug-likeness (QED) is 0.420. The van der Waals surface area contributed by atoms with E-state index in [1.54, 1.807) is 36.6 Å². The normalized spacial score (nSPS) is 18.8. The summed E-state index contributed by atoms with van der Waals surface area (Å²) in [6.07, 6.45) is 3.56. The molecule has 2 aromatic heterocycles. The predicted molar refractivity (Wildman–Crippen MR) is 139 cm³/mol. The first-order valence-corrected chi connectivity index (χ1v) is 13.7. The van der Waals surface area contributed by atoms with Gasteiger partial charge in [-0.2, -0.15) is 0 Å². The van der Waals surface area contributed by atoms with Crippen molar-refractivity contribution in [2.45, 2.75) is 56.8 Å². The van der Waals surface area contributed by atoms with Crippen LogP contribution in [-0.4, -0.2) is 64.8 Å². The fourth-order valence-electron chi connectivity index (χ4n) is 4.36. The van der Waals surface area contributed by atoms with Crippen LogP contribution in [0.5, 0.6) is 11.5 Å². The molecule has 37 heavy (non-hydrogen) atoms. The van der Waals surface area contributed by atoms with Crippen LogP contribution in [0.3, 0.4) is 0 Å². The van der Waals surface area contributed by atoms with Crippen LogP contribution in [0, 0.1) is 0 Å². The van der Waals surface area contributed by atoms with Crippen molar-refractivity contribution in [1.29, 1.82) is 0 Å². The number of nitrogens with one attached hydrogen (secondary N) is 1. The number of ether oxygens (including phenoxy) is 3. The van der Waals surface area contributed by atoms with E-state index in [-0.39, 0.29) is 17.5 Å². The third kappa shape index (κ3) is 5.51. The van der Waals surface area contributed by atoms with Crippen LogP contribution in [0.2, 0.25) is 5.02 Å². The zero-order valence-corrected chi connectivity index (χ0v) is 23.2. The fourth-order valence-corrected chi connectivity index (χ4v) is 5.69. The minimum Gasteiger partial charge on any atom is -0.494 e. The Balaban J connectivity index is 1.78. The number of anilines is 1. The Bertz CT molecular complexity index is 1340. The molecular weight excluding hydrogens is 520 g/mol. The summed E-state index contributed by atoms with van der Waals surface area (Å²) in [5.41, 5.74) is 0.130. The SMILES string of the molecule is COc1cccc(OC)c1-n1c(NS(=O)(=O)[C@@H](C)[C@H](C)c2ncc(Cl)cn2)nnc1[C@@H]1COC(C)(C)C1. The summed E-state index contributed by atoms with van der Waals surface area (Å²) in [6, 6.07) is 5.31. The van der Waals surface area contributed by atoms with Crippen LogP contribution >= 0.6 is 11.6 Å². The lowest BCUT2D eigenvalue weighted by Gasteiger charge is -2.22. The van der Waals surface area contributed by atoms with Gasteiger partial charge in [-0.15, -0.1) is 10.2 Å². The highest BCUT2D eigenvalue weighted by Crippen LogP contribution is 2.41. The number of nitrogens with zero attached hydrogens (tertiary/aromatic N) is 5. The molecule has 3 heterocycles. The number of aromatic nitrogens is 5. The molecule has 0 spiro atoms. The average Bonchev–Trinajstić information content (AvgIpc) is 3.44. The number of sulfonamides is 1. The Morgan fingerprint density at radius 3 is 2.30 bits per heavy atom. The van der Waals surface area contributed by atoms with E-state index in [1.165, 1.54) is 26.6 Å². The molecule has 0 saturated carbocycles. The molecule has 1 saturated heterocycles. The van der Waals surface area contributed by atoms with E-state index in [9.17, 15) is 8.42 Å². The van der Waals surface area contributed by atoms with Gasteiger partial charge in [-0.1, -0.05) is 24.6 Å². The third-order valence-electron chi connectivity index (χ3n) is 6.57. The van der Waals surface area contributed by atoms with Crippen LogP contribution in [0.25, 0.3) is 5.69 Å². The maximum Gasteiger partial charge on any atom is 0.243 e. The third-order valence-corrected chi connectivity index (χ3v) is 8.62. The van der Waals surface area contributed by atoms with Crippen LogP contribution in [0.4, 0.5) is 5.95 Å². The van der Waals surface area contributed by atoms with E-state index >= 15 is 0 Å². The van der Waals surface area contributed by atoms with E-state index in [2.05, 4.69) is 24.9 Å². The Kier molecular flexibility index (Phi) is 7.63. The predicted octanol–water partition coefficient (Wildman–Crippen LogP) is 3.94. The largest absolute Gasteiger partial charge is 0.494 e. The second-order valence-corrected chi connectivity index (χ2v) is 12.1. The van der Waals surface area contributed by atoms with Gasteiger partial charge in [-0.3, -0.25) is 9.29 Å². The molecule has 0 bridgehead atoms. The van der Waals surface area contributed by atoms with Gasteiger partial charge in [0.15, 0.2) is 0 Å². The van der Waals surface area contributed by atoms with Crippen molar-refractivity contribution in [3.8, 4) is 17.2 Å². The van der Waals surface area contributed by atoms with Crippen LogP contribution in [-0.2, 0) is 14.8 Å². The first-order chi connectivity index (χ1) is 17.5. The molecule has 1 aromatic carbocycles. The lowest BCUT2D eigenvalue weighted by molar-refractivity contribution is 0.0360. The molecule has 4 rings (SSSR count). The first-order valence-electron chi connectivity index (χ1n) is 11.8. The zero-order chi connectivity index (χ0) is 27.0. The van der Waals surface area contributed by atoms with E-state index in [1.807, 2.05) is 13.8 Å². The molecule has 1 aliphatic rings. The minimum atomic E-state index is -3.97. The number of hydrogen-bond donors (Lipinski definition) is 1. The molecule has 0 amide bonds. The maximum absolute atomic E-state index is 13.5. The summed E-state index contributed by atoms with van der Waals surface area (Å²) in [5, 5.41) is 8.12. The molecule has 1 aliphatic heterocycles. The van der Waals surface area contributed by atoms with Gasteiger partial charge in [-0.25, -0.2) is 18.4 Å². The Morgan fingerprint density at radius 1 is 1.14 bits per heavy atom. The molecule has 3 atom stereocenters. The van der Waals surface area contributed by atoms with E-state index in [0.717, 1.165) is 0 Å². The second kappa shape index (κ2) is 10.4. The molecule has 0 radical (unpaired) electrons. The molecular formula is C24H31ClN6O5S. The fraction of sp³-hybridized carbons (Fsp3) is 0.500. The lowest BCUT2D eigenvalue weighted by Crippen LogP contribution is -2.31. The molecule has 1 fully saturated rings. The van der Waals surface area contributed by atoms with Crippen molar-refractivity contribution in [2.24, 2.45) is 0 Å². The van der Waals surface area contributed by atoms with Crippen LogP contribution in [0.15, 0.2) is 30.6 Å². The van der Waals surface area contributed by atoms with Gasteiger partial charge in [0, 0.05) is 24.2 Å². The van der Waals surface area contributed by atoms with Crippen LogP contribution in [0.1, 0.15) is 57.6 Å². The number of rotatable bonds is 9. The van der Waals surface area contributed by atoms with E-state index in [0.29, 0.717) is 46.9 Å². The van der Waals surface area contributed by atoms with Gasteiger partial charge in [0.1, 0.15) is 28.8 Å². The highest BCUT2D eigenvalue weighted by molar-refractivity contribution is 7.93. The highest BCUT2D eigenvalue weighted by Gasteiger charge is 2.38. The summed E-state index contributed by atoms with van der Waals surface area (Å²) < 4.78 is 48.6. The van der Waals surface area contributed by atoms with Gasteiger partial charge < -0.3 is 14.2 Å². The van der Waals surface area contributed by atoms with E-state index < -0.39 is 21.2 Å². The second-order valence-electron chi connectivity index (χ2n) is 9.60. The minimum absolute atomic E-state index is 0.0126. The summed E-state index contributed by atoms with van der Waals surface area (Å²) in [6.45, 7) is 7.75. The topological polar surface area (TPSA) is 130 Å². The van der Waals surface area contributed by atoms with Gasteiger partial charge in [0.05, 0.1) is 36.7 Å². The van der Waals surface area contributed by atoms with Crippen molar-refractivity contribution >= 4 is 27.6 Å². The summed E-state index contributed by atoms with van der Waals surface area (Å²) in [4.78, 5) is 8.37. The smallest absolute Gasteiger partial charge is 0.243 e. The highest BCUT2D eigenvalue weighted by atomic mass is 35.5. The Morgan fingerprint density at radius 2 is 1.76 bits per heavy atom. The van der Waals surface area contributed by atoms with Gasteiger partial charge >= 0.3 is 0 Å². The molecule has 13 heteroatoms. The molecule has 11 nitrogen and oxygen atoms in total. The molecule has 3 aromatic rings. The van der Waals surface area contributed by atoms with Gasteiger partial charge in [0.2, 0.25) is 16.0 Å². The molecule has 0 unspecified atom stereocenters. The number of hydrogen-bond acceptors (Lipinski definition) is 9.